The summed E-state index contributed by atoms with van der Waals surface area (Å²) in [6.45, 7) is 3.83. The van der Waals surface area contributed by atoms with E-state index in [-0.39, 0.29) is 0 Å². The van der Waals surface area contributed by atoms with Gasteiger partial charge in [-0.3, -0.25) is 0 Å². The highest BCUT2D eigenvalue weighted by molar-refractivity contribution is 9.10. The lowest BCUT2D eigenvalue weighted by Crippen LogP contribution is -2.19. The average Bonchev–Trinajstić information content (AvgIpc) is 2.62. The molecule has 0 amide bonds. The van der Waals surface area contributed by atoms with Crippen LogP contribution in [0.5, 0.6) is 0 Å². The Morgan fingerprint density at radius 2 is 2.36 bits per heavy atom. The lowest BCUT2D eigenvalue weighted by molar-refractivity contribution is 0.195. The molecule has 1 atom stereocenters. The van der Waals surface area contributed by atoms with Gasteiger partial charge in [-0.1, -0.05) is 15.9 Å². The van der Waals surface area contributed by atoms with Gasteiger partial charge in [-0.2, -0.15) is 0 Å². The third-order valence-corrected chi connectivity index (χ3v) is 2.97. The van der Waals surface area contributed by atoms with Gasteiger partial charge in [0.2, 0.25) is 0 Å². The minimum atomic E-state index is 0.481. The van der Waals surface area contributed by atoms with Crippen molar-refractivity contribution in [1.29, 1.82) is 0 Å². The molecule has 1 N–H and O–H groups in total. The Balaban J connectivity index is 2.08. The largest absolute Gasteiger partial charge is 0.380 e. The van der Waals surface area contributed by atoms with Crippen LogP contribution in [0.3, 0.4) is 0 Å². The molecule has 0 radical (unpaired) electrons. The second-order valence-corrected chi connectivity index (χ2v) is 4.58. The van der Waals surface area contributed by atoms with E-state index in [1.807, 2.05) is 0 Å². The van der Waals surface area contributed by atoms with Crippen molar-refractivity contribution in [3.8, 4) is 0 Å². The van der Waals surface area contributed by atoms with Crippen LogP contribution in [0, 0.1) is 6.92 Å². The Labute approximate surface area is 92.8 Å². The normalized spacial score (nSPS) is 21.1. The number of halogens is 1. The molecule has 76 valence electrons. The summed E-state index contributed by atoms with van der Waals surface area (Å²) in [7, 11) is 0. The summed E-state index contributed by atoms with van der Waals surface area (Å²) in [5, 5.41) is 3.49. The SMILES string of the molecule is Cc1cc(Br)ccc1NC1CCOC1. The molecule has 1 aliphatic rings. The van der Waals surface area contributed by atoms with E-state index in [4.69, 9.17) is 4.74 Å². The zero-order valence-corrected chi connectivity index (χ0v) is 9.80. The second-order valence-electron chi connectivity index (χ2n) is 3.66. The molecule has 1 unspecified atom stereocenters. The average molecular weight is 256 g/mol. The fourth-order valence-corrected chi connectivity index (χ4v) is 2.13. The van der Waals surface area contributed by atoms with E-state index in [1.165, 1.54) is 11.3 Å². The van der Waals surface area contributed by atoms with Crippen molar-refractivity contribution in [2.45, 2.75) is 19.4 Å². The zero-order valence-electron chi connectivity index (χ0n) is 8.22. The fourth-order valence-electron chi connectivity index (χ4n) is 1.66. The number of aryl methyl sites for hydroxylation is 1. The zero-order chi connectivity index (χ0) is 9.97. The highest BCUT2D eigenvalue weighted by atomic mass is 79.9. The molecule has 2 nitrogen and oxygen atoms in total. The molecule has 14 heavy (non-hydrogen) atoms. The minimum Gasteiger partial charge on any atom is -0.380 e. The number of benzene rings is 1. The monoisotopic (exact) mass is 255 g/mol. The van der Waals surface area contributed by atoms with Gasteiger partial charge >= 0.3 is 0 Å². The van der Waals surface area contributed by atoms with Crippen LogP contribution in [-0.2, 0) is 4.74 Å². The van der Waals surface area contributed by atoms with Crippen LogP contribution < -0.4 is 5.32 Å². The number of hydrogen-bond acceptors (Lipinski definition) is 2. The van der Waals surface area contributed by atoms with Crippen LogP contribution in [0.15, 0.2) is 22.7 Å². The van der Waals surface area contributed by atoms with Gasteiger partial charge in [-0.05, 0) is 37.1 Å². The molecule has 2 rings (SSSR count). The molecule has 1 aromatic rings. The molecule has 1 fully saturated rings. The number of ether oxygens (including phenoxy) is 1. The van der Waals surface area contributed by atoms with E-state index in [2.05, 4.69) is 46.4 Å². The molecular formula is C11H14BrNO. The Morgan fingerprint density at radius 3 is 3.00 bits per heavy atom. The summed E-state index contributed by atoms with van der Waals surface area (Å²) in [5.41, 5.74) is 2.48. The minimum absolute atomic E-state index is 0.481. The Morgan fingerprint density at radius 1 is 1.50 bits per heavy atom. The van der Waals surface area contributed by atoms with E-state index in [1.54, 1.807) is 0 Å². The summed E-state index contributed by atoms with van der Waals surface area (Å²) in [6.07, 6.45) is 1.11. The van der Waals surface area contributed by atoms with E-state index in [0.717, 1.165) is 24.1 Å². The number of nitrogens with one attached hydrogen (secondary N) is 1. The quantitative estimate of drug-likeness (QED) is 0.878. The van der Waals surface area contributed by atoms with Crippen molar-refractivity contribution in [3.63, 3.8) is 0 Å². The predicted octanol–water partition coefficient (Wildman–Crippen LogP) is 2.96. The van der Waals surface area contributed by atoms with E-state index < -0.39 is 0 Å². The molecule has 0 bridgehead atoms. The van der Waals surface area contributed by atoms with Gasteiger partial charge in [0.15, 0.2) is 0 Å². The van der Waals surface area contributed by atoms with Crippen molar-refractivity contribution >= 4 is 21.6 Å². The van der Waals surface area contributed by atoms with Gasteiger partial charge in [0, 0.05) is 16.8 Å². The van der Waals surface area contributed by atoms with Crippen molar-refractivity contribution in [3.05, 3.63) is 28.2 Å². The first-order valence-electron chi connectivity index (χ1n) is 4.86. The molecule has 1 aliphatic heterocycles. The van der Waals surface area contributed by atoms with Crippen molar-refractivity contribution in [1.82, 2.24) is 0 Å². The molecule has 1 heterocycles. The van der Waals surface area contributed by atoms with Crippen LogP contribution in [0.4, 0.5) is 5.69 Å². The van der Waals surface area contributed by atoms with E-state index in [9.17, 15) is 0 Å². The van der Waals surface area contributed by atoms with Gasteiger partial charge in [0.1, 0.15) is 0 Å². The third-order valence-electron chi connectivity index (χ3n) is 2.48. The van der Waals surface area contributed by atoms with Gasteiger partial charge < -0.3 is 10.1 Å². The van der Waals surface area contributed by atoms with Gasteiger partial charge in [-0.25, -0.2) is 0 Å². The third kappa shape index (κ3) is 2.28. The maximum atomic E-state index is 5.32. The molecule has 0 aromatic heterocycles. The molecular weight excluding hydrogens is 242 g/mol. The maximum Gasteiger partial charge on any atom is 0.0668 e. The summed E-state index contributed by atoms with van der Waals surface area (Å²) in [4.78, 5) is 0. The molecule has 0 saturated carbocycles. The first-order chi connectivity index (χ1) is 6.75. The van der Waals surface area contributed by atoms with Crippen LogP contribution in [-0.4, -0.2) is 19.3 Å². The first-order valence-corrected chi connectivity index (χ1v) is 5.65. The van der Waals surface area contributed by atoms with Crippen LogP contribution >= 0.6 is 15.9 Å². The molecule has 0 aliphatic carbocycles. The molecule has 0 spiro atoms. The Kier molecular flexibility index (Phi) is 3.08. The standard InChI is InChI=1S/C11H14BrNO/c1-8-6-9(12)2-3-11(8)13-10-4-5-14-7-10/h2-3,6,10,13H,4-5,7H2,1H3. The van der Waals surface area contributed by atoms with Crippen LogP contribution in [0.2, 0.25) is 0 Å². The Bertz CT molecular complexity index is 321. The van der Waals surface area contributed by atoms with Crippen molar-refractivity contribution in [2.24, 2.45) is 0 Å². The van der Waals surface area contributed by atoms with Crippen LogP contribution in [0.25, 0.3) is 0 Å². The van der Waals surface area contributed by atoms with E-state index >= 15 is 0 Å². The lowest BCUT2D eigenvalue weighted by Gasteiger charge is -2.14. The van der Waals surface area contributed by atoms with Gasteiger partial charge in [0.05, 0.1) is 12.6 Å². The topological polar surface area (TPSA) is 21.3 Å². The highest BCUT2D eigenvalue weighted by Gasteiger charge is 2.15. The fraction of sp³-hybridized carbons (Fsp3) is 0.455. The summed E-state index contributed by atoms with van der Waals surface area (Å²) in [5.74, 6) is 0. The second kappa shape index (κ2) is 4.32. The number of anilines is 1. The smallest absolute Gasteiger partial charge is 0.0668 e. The van der Waals surface area contributed by atoms with Crippen molar-refractivity contribution < 1.29 is 4.74 Å². The molecule has 1 saturated heterocycles. The number of hydrogen-bond donors (Lipinski definition) is 1. The summed E-state index contributed by atoms with van der Waals surface area (Å²) in [6, 6.07) is 6.77. The maximum absolute atomic E-state index is 5.32. The van der Waals surface area contributed by atoms with E-state index in [0.29, 0.717) is 6.04 Å². The lowest BCUT2D eigenvalue weighted by atomic mass is 10.1. The predicted molar refractivity (Wildman–Crippen MR) is 61.7 cm³/mol. The highest BCUT2D eigenvalue weighted by Crippen LogP contribution is 2.22. The van der Waals surface area contributed by atoms with Gasteiger partial charge in [0.25, 0.3) is 0 Å². The summed E-state index contributed by atoms with van der Waals surface area (Å²) >= 11 is 3.46. The molecule has 3 heteroatoms. The van der Waals surface area contributed by atoms with Gasteiger partial charge in [-0.15, -0.1) is 0 Å². The molecule has 1 aromatic carbocycles. The summed E-state index contributed by atoms with van der Waals surface area (Å²) < 4.78 is 6.45. The first kappa shape index (κ1) is 9.99. The number of rotatable bonds is 2. The van der Waals surface area contributed by atoms with Crippen LogP contribution in [0.1, 0.15) is 12.0 Å². The Hall–Kier alpha value is -0.540. The van der Waals surface area contributed by atoms with Crippen molar-refractivity contribution in [2.75, 3.05) is 18.5 Å².